The fourth-order valence-corrected chi connectivity index (χ4v) is 3.43. The van der Waals surface area contributed by atoms with Crippen molar-refractivity contribution in [3.63, 3.8) is 0 Å². The van der Waals surface area contributed by atoms with Gasteiger partial charge in [-0.05, 0) is 31.0 Å². The summed E-state index contributed by atoms with van der Waals surface area (Å²) in [7, 11) is 3.13. The zero-order valence-electron chi connectivity index (χ0n) is 16.2. The summed E-state index contributed by atoms with van der Waals surface area (Å²) < 4.78 is 10.6. The molecule has 1 saturated heterocycles. The van der Waals surface area contributed by atoms with Gasteiger partial charge in [0, 0.05) is 37.2 Å². The van der Waals surface area contributed by atoms with E-state index in [1.54, 1.807) is 32.4 Å². The third-order valence-electron chi connectivity index (χ3n) is 4.85. The molecule has 1 aliphatic rings. The first-order chi connectivity index (χ1) is 13.7. The van der Waals surface area contributed by atoms with Crippen molar-refractivity contribution in [1.82, 2.24) is 9.97 Å². The minimum absolute atomic E-state index is 0.0327. The molecule has 1 aromatic heterocycles. The molecule has 3 rings (SSSR count). The number of aliphatic hydroxyl groups is 1. The smallest absolute Gasteiger partial charge is 0.167 e. The van der Waals surface area contributed by atoms with Gasteiger partial charge >= 0.3 is 0 Å². The van der Waals surface area contributed by atoms with E-state index in [0.717, 1.165) is 25.2 Å². The number of hydrogen-bond donors (Lipinski definition) is 2. The maximum absolute atomic E-state index is 13.1. The Morgan fingerprint density at radius 2 is 2.07 bits per heavy atom. The van der Waals surface area contributed by atoms with E-state index in [-0.39, 0.29) is 18.3 Å². The van der Waals surface area contributed by atoms with Gasteiger partial charge in [0.1, 0.15) is 18.0 Å². The first-order valence-electron chi connectivity index (χ1n) is 9.34. The molecule has 0 amide bonds. The quantitative estimate of drug-likeness (QED) is 0.665. The van der Waals surface area contributed by atoms with Crippen molar-refractivity contribution < 1.29 is 19.4 Å². The Hall–Kier alpha value is -2.87. The lowest BCUT2D eigenvalue weighted by Gasteiger charge is -2.33. The summed E-state index contributed by atoms with van der Waals surface area (Å²) in [4.78, 5) is 23.7. The Bertz CT molecular complexity index is 815. The number of aliphatic hydroxyl groups excluding tert-OH is 1. The summed E-state index contributed by atoms with van der Waals surface area (Å²) >= 11 is 0. The number of nitrogens with zero attached hydrogens (tertiary/aromatic N) is 3. The topological polar surface area (TPSA) is 96.8 Å². The van der Waals surface area contributed by atoms with Gasteiger partial charge in [-0.3, -0.25) is 4.79 Å². The molecule has 0 bridgehead atoms. The van der Waals surface area contributed by atoms with Crippen molar-refractivity contribution in [3.05, 3.63) is 36.2 Å². The van der Waals surface area contributed by atoms with Crippen LogP contribution in [0.4, 0.5) is 11.6 Å². The number of hydrogen-bond acceptors (Lipinski definition) is 8. The number of nitrogens with one attached hydrogen (secondary N) is 1. The van der Waals surface area contributed by atoms with Crippen LogP contribution in [0.25, 0.3) is 0 Å². The molecule has 0 aliphatic carbocycles. The summed E-state index contributed by atoms with van der Waals surface area (Å²) in [6, 6.07) is 7.13. The van der Waals surface area contributed by atoms with Crippen LogP contribution < -0.4 is 19.7 Å². The molecule has 8 heteroatoms. The highest BCUT2D eigenvalue weighted by atomic mass is 16.5. The molecular formula is C20H26N4O4. The van der Waals surface area contributed by atoms with Gasteiger partial charge in [-0.1, -0.05) is 0 Å². The third kappa shape index (κ3) is 4.51. The van der Waals surface area contributed by atoms with Crippen molar-refractivity contribution in [2.24, 2.45) is 5.92 Å². The van der Waals surface area contributed by atoms with Gasteiger partial charge in [-0.15, -0.1) is 0 Å². The van der Waals surface area contributed by atoms with Gasteiger partial charge in [-0.25, -0.2) is 9.97 Å². The van der Waals surface area contributed by atoms with Crippen LogP contribution >= 0.6 is 0 Å². The SMILES string of the molecule is COc1ccc(C(=O)[C@@H]2CCCN(c3cc(NCCO)ncn3)C2)cc1OC. The highest BCUT2D eigenvalue weighted by molar-refractivity contribution is 5.98. The normalized spacial score (nSPS) is 16.5. The van der Waals surface area contributed by atoms with Crippen LogP contribution in [0.5, 0.6) is 11.5 Å². The molecule has 2 aromatic rings. The molecule has 0 spiro atoms. The molecule has 0 radical (unpaired) electrons. The minimum atomic E-state index is -0.115. The number of Topliss-reactive ketones (excluding diaryl/α,β-unsaturated/α-hetero) is 1. The van der Waals surface area contributed by atoms with E-state index < -0.39 is 0 Å². The number of ether oxygens (including phenoxy) is 2. The van der Waals surface area contributed by atoms with Gasteiger partial charge in [0.2, 0.25) is 0 Å². The van der Waals surface area contributed by atoms with E-state index in [2.05, 4.69) is 20.2 Å². The Morgan fingerprint density at radius 1 is 1.25 bits per heavy atom. The van der Waals surface area contributed by atoms with E-state index in [1.807, 2.05) is 6.07 Å². The summed E-state index contributed by atoms with van der Waals surface area (Å²) in [5.41, 5.74) is 0.623. The lowest BCUT2D eigenvalue weighted by molar-refractivity contribution is 0.0906. The van der Waals surface area contributed by atoms with Crippen LogP contribution in [-0.2, 0) is 0 Å². The number of aromatic nitrogens is 2. The Morgan fingerprint density at radius 3 is 2.82 bits per heavy atom. The average molecular weight is 386 g/mol. The predicted molar refractivity (Wildman–Crippen MR) is 106 cm³/mol. The highest BCUT2D eigenvalue weighted by Crippen LogP contribution is 2.30. The van der Waals surface area contributed by atoms with Crippen molar-refractivity contribution in [3.8, 4) is 11.5 Å². The average Bonchev–Trinajstić information content (AvgIpc) is 2.77. The molecule has 0 saturated carbocycles. The predicted octanol–water partition coefficient (Wildman–Crippen LogP) is 2.00. The van der Waals surface area contributed by atoms with Crippen LogP contribution in [0.1, 0.15) is 23.2 Å². The van der Waals surface area contributed by atoms with Gasteiger partial charge in [0.05, 0.1) is 20.8 Å². The molecule has 2 N–H and O–H groups in total. The molecule has 8 nitrogen and oxygen atoms in total. The molecule has 150 valence electrons. The van der Waals surface area contributed by atoms with E-state index in [9.17, 15) is 4.79 Å². The van der Waals surface area contributed by atoms with Crippen LogP contribution in [-0.4, -0.2) is 61.3 Å². The molecule has 28 heavy (non-hydrogen) atoms. The van der Waals surface area contributed by atoms with Gasteiger partial charge < -0.3 is 24.8 Å². The number of piperidine rings is 1. The first-order valence-corrected chi connectivity index (χ1v) is 9.34. The largest absolute Gasteiger partial charge is 0.493 e. The van der Waals surface area contributed by atoms with E-state index in [4.69, 9.17) is 14.6 Å². The molecule has 1 atom stereocenters. The van der Waals surface area contributed by atoms with E-state index in [1.165, 1.54) is 6.33 Å². The second-order valence-electron chi connectivity index (χ2n) is 6.63. The van der Waals surface area contributed by atoms with Gasteiger partial charge in [-0.2, -0.15) is 0 Å². The number of rotatable bonds is 8. The van der Waals surface area contributed by atoms with Gasteiger partial charge in [0.25, 0.3) is 0 Å². The van der Waals surface area contributed by atoms with Crippen LogP contribution in [0.2, 0.25) is 0 Å². The van der Waals surface area contributed by atoms with Crippen LogP contribution in [0, 0.1) is 5.92 Å². The van der Waals surface area contributed by atoms with Crippen molar-refractivity contribution >= 4 is 17.4 Å². The number of ketones is 1. The van der Waals surface area contributed by atoms with E-state index >= 15 is 0 Å². The molecule has 1 aliphatic heterocycles. The first kappa shape index (κ1) is 19.9. The number of carbonyl (C=O) groups is 1. The zero-order chi connectivity index (χ0) is 19.9. The maximum Gasteiger partial charge on any atom is 0.167 e. The molecular weight excluding hydrogens is 360 g/mol. The molecule has 2 heterocycles. The monoisotopic (exact) mass is 386 g/mol. The zero-order valence-corrected chi connectivity index (χ0v) is 16.2. The summed E-state index contributed by atoms with van der Waals surface area (Å²) in [5, 5.41) is 12.0. The Kier molecular flexibility index (Phi) is 6.65. The minimum Gasteiger partial charge on any atom is -0.493 e. The lowest BCUT2D eigenvalue weighted by atomic mass is 9.90. The summed E-state index contributed by atoms with van der Waals surface area (Å²) in [5.74, 6) is 2.58. The number of carbonyl (C=O) groups excluding carboxylic acids is 1. The standard InChI is InChI=1S/C20H26N4O4/c1-27-16-6-5-14(10-17(16)28-2)20(26)15-4-3-8-24(12-15)19-11-18(21-7-9-25)22-13-23-19/h5-6,10-11,13,15,25H,3-4,7-9,12H2,1-2H3,(H,21,22,23)/t15-/m1/s1. The molecule has 0 unspecified atom stereocenters. The molecule has 1 fully saturated rings. The van der Waals surface area contributed by atoms with Gasteiger partial charge in [0.15, 0.2) is 17.3 Å². The number of anilines is 2. The fourth-order valence-electron chi connectivity index (χ4n) is 3.43. The Balaban J connectivity index is 1.73. The summed E-state index contributed by atoms with van der Waals surface area (Å²) in [6.45, 7) is 1.90. The van der Waals surface area contributed by atoms with Crippen LogP contribution in [0.3, 0.4) is 0 Å². The molecule has 1 aromatic carbocycles. The second kappa shape index (κ2) is 9.36. The van der Waals surface area contributed by atoms with Crippen molar-refractivity contribution in [2.75, 3.05) is 50.7 Å². The number of benzene rings is 1. The maximum atomic E-state index is 13.1. The number of methoxy groups -OCH3 is 2. The summed E-state index contributed by atoms with van der Waals surface area (Å²) in [6.07, 6.45) is 3.24. The Labute approximate surface area is 164 Å². The second-order valence-corrected chi connectivity index (χ2v) is 6.63. The highest BCUT2D eigenvalue weighted by Gasteiger charge is 2.28. The fraction of sp³-hybridized carbons (Fsp3) is 0.450. The van der Waals surface area contributed by atoms with Crippen LogP contribution in [0.15, 0.2) is 30.6 Å². The third-order valence-corrected chi connectivity index (χ3v) is 4.85. The van der Waals surface area contributed by atoms with Crippen molar-refractivity contribution in [2.45, 2.75) is 12.8 Å². The van der Waals surface area contributed by atoms with Crippen molar-refractivity contribution in [1.29, 1.82) is 0 Å². The lowest BCUT2D eigenvalue weighted by Crippen LogP contribution is -2.39. The van der Waals surface area contributed by atoms with E-state index in [0.29, 0.717) is 36.0 Å².